The first-order chi connectivity index (χ1) is 9.83. The van der Waals surface area contributed by atoms with Crippen molar-refractivity contribution in [2.24, 2.45) is 5.92 Å². The lowest BCUT2D eigenvalue weighted by Crippen LogP contribution is -2.49. The Kier molecular flexibility index (Phi) is 6.49. The van der Waals surface area contributed by atoms with Gasteiger partial charge in [-0.2, -0.15) is 0 Å². The highest BCUT2D eigenvalue weighted by Crippen LogP contribution is 2.26. The maximum atomic E-state index is 3.55. The largest absolute Gasteiger partial charge is 0.316 e. The maximum absolute atomic E-state index is 3.55. The molecule has 2 aliphatic rings. The Morgan fingerprint density at radius 1 is 1.19 bits per heavy atom. The van der Waals surface area contributed by atoms with Gasteiger partial charge in [-0.3, -0.25) is 4.90 Å². The molecule has 1 N–H and O–H groups in total. The van der Waals surface area contributed by atoms with Crippen LogP contribution in [-0.4, -0.2) is 56.1 Å². The van der Waals surface area contributed by atoms with Crippen molar-refractivity contribution in [3.8, 4) is 0 Å². The fourth-order valence-corrected chi connectivity index (χ4v) is 3.58. The zero-order chi connectivity index (χ0) is 13.8. The van der Waals surface area contributed by atoms with E-state index in [0.717, 1.165) is 12.5 Å². The molecule has 3 nitrogen and oxygen atoms in total. The Labute approximate surface area is 135 Å². The summed E-state index contributed by atoms with van der Waals surface area (Å²) in [5.41, 5.74) is 1.47. The summed E-state index contributed by atoms with van der Waals surface area (Å²) < 4.78 is 0. The van der Waals surface area contributed by atoms with Gasteiger partial charge in [0.2, 0.25) is 0 Å². The first-order valence-electron chi connectivity index (χ1n) is 8.01. The average molecular weight is 310 g/mol. The van der Waals surface area contributed by atoms with Gasteiger partial charge in [0.15, 0.2) is 0 Å². The van der Waals surface area contributed by atoms with Crippen molar-refractivity contribution in [1.29, 1.82) is 0 Å². The minimum absolute atomic E-state index is 0. The number of piperazine rings is 1. The third-order valence-electron chi connectivity index (χ3n) is 4.77. The van der Waals surface area contributed by atoms with E-state index in [9.17, 15) is 0 Å². The highest BCUT2D eigenvalue weighted by molar-refractivity contribution is 5.85. The van der Waals surface area contributed by atoms with E-state index >= 15 is 0 Å². The van der Waals surface area contributed by atoms with Crippen LogP contribution in [0.2, 0.25) is 0 Å². The number of likely N-dealkylation sites (N-methyl/N-ethyl adjacent to an activating group) is 1. The molecule has 0 aliphatic carbocycles. The minimum Gasteiger partial charge on any atom is -0.316 e. The maximum Gasteiger partial charge on any atom is 0.0475 e. The summed E-state index contributed by atoms with van der Waals surface area (Å²) in [6, 6.07) is 11.6. The molecule has 2 fully saturated rings. The topological polar surface area (TPSA) is 18.5 Å². The van der Waals surface area contributed by atoms with Crippen LogP contribution in [0, 0.1) is 5.92 Å². The molecule has 2 aliphatic heterocycles. The molecule has 118 valence electrons. The Morgan fingerprint density at radius 2 is 2.00 bits per heavy atom. The van der Waals surface area contributed by atoms with Crippen LogP contribution in [0.5, 0.6) is 0 Å². The molecule has 0 radical (unpaired) electrons. The van der Waals surface area contributed by atoms with Crippen molar-refractivity contribution in [1.82, 2.24) is 15.1 Å². The number of hydrogen-bond acceptors (Lipinski definition) is 3. The summed E-state index contributed by atoms with van der Waals surface area (Å²) in [5.74, 6) is 0.832. The normalized spacial score (nSPS) is 28.0. The van der Waals surface area contributed by atoms with Crippen LogP contribution in [0.4, 0.5) is 0 Å². The molecule has 2 atom stereocenters. The summed E-state index contributed by atoms with van der Waals surface area (Å²) in [6.45, 7) is 7.22. The van der Waals surface area contributed by atoms with Gasteiger partial charge < -0.3 is 10.2 Å². The van der Waals surface area contributed by atoms with Crippen LogP contribution in [0.3, 0.4) is 0 Å². The van der Waals surface area contributed by atoms with Gasteiger partial charge >= 0.3 is 0 Å². The smallest absolute Gasteiger partial charge is 0.0475 e. The highest BCUT2D eigenvalue weighted by Gasteiger charge is 2.28. The zero-order valence-electron chi connectivity index (χ0n) is 13.0. The van der Waals surface area contributed by atoms with Gasteiger partial charge in [0.05, 0.1) is 0 Å². The number of piperidine rings is 1. The van der Waals surface area contributed by atoms with E-state index in [1.807, 2.05) is 0 Å². The molecule has 2 unspecified atom stereocenters. The van der Waals surface area contributed by atoms with Crippen molar-refractivity contribution in [2.75, 3.05) is 46.3 Å². The quantitative estimate of drug-likeness (QED) is 0.925. The standard InChI is InChI=1S/C17H27N3.ClH/c1-19-10-11-20(13-15-6-5-9-18-12-15)17(14-19)16-7-3-2-4-8-16;/h2-4,7-8,15,17-18H,5-6,9-14H2,1H3;1H. The number of benzene rings is 1. The second-order valence-corrected chi connectivity index (χ2v) is 6.40. The van der Waals surface area contributed by atoms with Crippen molar-refractivity contribution in [3.05, 3.63) is 35.9 Å². The molecule has 0 bridgehead atoms. The van der Waals surface area contributed by atoms with Crippen LogP contribution in [0.25, 0.3) is 0 Å². The first-order valence-corrected chi connectivity index (χ1v) is 8.01. The van der Waals surface area contributed by atoms with Crippen LogP contribution in [0.1, 0.15) is 24.4 Å². The molecule has 0 spiro atoms. The van der Waals surface area contributed by atoms with Crippen LogP contribution < -0.4 is 5.32 Å². The van der Waals surface area contributed by atoms with Crippen molar-refractivity contribution < 1.29 is 0 Å². The molecular formula is C17H28ClN3. The van der Waals surface area contributed by atoms with Gasteiger partial charge in [-0.1, -0.05) is 30.3 Å². The van der Waals surface area contributed by atoms with Crippen molar-refractivity contribution >= 4 is 12.4 Å². The molecule has 0 saturated carbocycles. The minimum atomic E-state index is 0. The average Bonchev–Trinajstić information content (AvgIpc) is 2.51. The molecule has 21 heavy (non-hydrogen) atoms. The lowest BCUT2D eigenvalue weighted by Gasteiger charge is -2.42. The fraction of sp³-hybridized carbons (Fsp3) is 0.647. The van der Waals surface area contributed by atoms with Crippen molar-refractivity contribution in [3.63, 3.8) is 0 Å². The molecular weight excluding hydrogens is 282 g/mol. The molecule has 1 aromatic rings. The molecule has 1 aromatic carbocycles. The Hall–Kier alpha value is -0.610. The summed E-state index contributed by atoms with van der Waals surface area (Å²) in [7, 11) is 2.25. The predicted molar refractivity (Wildman–Crippen MR) is 91.1 cm³/mol. The molecule has 3 rings (SSSR count). The SMILES string of the molecule is CN1CCN(CC2CCCNC2)C(c2ccccc2)C1.Cl. The predicted octanol–water partition coefficient (Wildman–Crippen LogP) is 2.40. The number of rotatable bonds is 3. The number of hydrogen-bond donors (Lipinski definition) is 1. The highest BCUT2D eigenvalue weighted by atomic mass is 35.5. The summed E-state index contributed by atoms with van der Waals surface area (Å²) in [4.78, 5) is 5.18. The number of halogens is 1. The van der Waals surface area contributed by atoms with E-state index in [2.05, 4.69) is 52.5 Å². The van der Waals surface area contributed by atoms with Crippen LogP contribution in [0.15, 0.2) is 30.3 Å². The Balaban J connectivity index is 0.00000161. The molecule has 0 amide bonds. The van der Waals surface area contributed by atoms with E-state index in [-0.39, 0.29) is 12.4 Å². The fourth-order valence-electron chi connectivity index (χ4n) is 3.58. The molecule has 2 heterocycles. The monoisotopic (exact) mass is 309 g/mol. The van der Waals surface area contributed by atoms with Gasteiger partial charge in [0.1, 0.15) is 0 Å². The van der Waals surface area contributed by atoms with E-state index in [4.69, 9.17) is 0 Å². The van der Waals surface area contributed by atoms with E-state index in [1.165, 1.54) is 51.1 Å². The van der Waals surface area contributed by atoms with Gasteiger partial charge in [0, 0.05) is 32.2 Å². The zero-order valence-corrected chi connectivity index (χ0v) is 13.8. The lowest BCUT2D eigenvalue weighted by atomic mass is 9.96. The number of nitrogens with one attached hydrogen (secondary N) is 1. The Morgan fingerprint density at radius 3 is 2.71 bits per heavy atom. The lowest BCUT2D eigenvalue weighted by molar-refractivity contribution is 0.0707. The Bertz CT molecular complexity index is 406. The van der Waals surface area contributed by atoms with E-state index in [1.54, 1.807) is 0 Å². The van der Waals surface area contributed by atoms with Gasteiger partial charge in [-0.25, -0.2) is 0 Å². The van der Waals surface area contributed by atoms with Gasteiger partial charge in [-0.15, -0.1) is 12.4 Å². The third-order valence-corrected chi connectivity index (χ3v) is 4.77. The van der Waals surface area contributed by atoms with E-state index in [0.29, 0.717) is 6.04 Å². The first kappa shape index (κ1) is 16.8. The third kappa shape index (κ3) is 4.43. The van der Waals surface area contributed by atoms with Gasteiger partial charge in [0.25, 0.3) is 0 Å². The van der Waals surface area contributed by atoms with Crippen LogP contribution in [-0.2, 0) is 0 Å². The van der Waals surface area contributed by atoms with Crippen LogP contribution >= 0.6 is 12.4 Å². The summed E-state index contributed by atoms with van der Waals surface area (Å²) in [5, 5.41) is 3.55. The van der Waals surface area contributed by atoms with Crippen molar-refractivity contribution in [2.45, 2.75) is 18.9 Å². The molecule has 2 saturated heterocycles. The summed E-state index contributed by atoms with van der Waals surface area (Å²) >= 11 is 0. The van der Waals surface area contributed by atoms with Gasteiger partial charge in [-0.05, 0) is 44.5 Å². The van der Waals surface area contributed by atoms with E-state index < -0.39 is 0 Å². The second kappa shape index (κ2) is 8.14. The molecule has 0 aromatic heterocycles. The second-order valence-electron chi connectivity index (χ2n) is 6.40. The number of nitrogens with zero attached hydrogens (tertiary/aromatic N) is 2. The molecule has 4 heteroatoms. The summed E-state index contributed by atoms with van der Waals surface area (Å²) in [6.07, 6.45) is 2.73.